The minimum atomic E-state index is -3.65. The molecular weight excluding hydrogens is 284 g/mol. The first-order chi connectivity index (χ1) is 6.40. The molecule has 1 rings (SSSR count). The van der Waals surface area contributed by atoms with Crippen molar-refractivity contribution in [2.24, 2.45) is 0 Å². The summed E-state index contributed by atoms with van der Waals surface area (Å²) in [4.78, 5) is 0. The van der Waals surface area contributed by atoms with Crippen LogP contribution in [0.3, 0.4) is 0 Å². The van der Waals surface area contributed by atoms with Gasteiger partial charge in [-0.25, -0.2) is 4.39 Å². The molecule has 0 aliphatic rings. The Balaban J connectivity index is 3.40. The molecule has 0 bridgehead atoms. The van der Waals surface area contributed by atoms with Crippen molar-refractivity contribution in [3.63, 3.8) is 0 Å². The van der Waals surface area contributed by atoms with E-state index in [0.717, 1.165) is 6.07 Å². The number of alkyl halides is 2. The topological polar surface area (TPSA) is 20.2 Å². The van der Waals surface area contributed by atoms with Crippen molar-refractivity contribution in [3.8, 4) is 0 Å². The van der Waals surface area contributed by atoms with Gasteiger partial charge >= 0.3 is 0 Å². The number of aliphatic hydroxyl groups excluding tert-OH is 1. The highest BCUT2D eigenvalue weighted by Gasteiger charge is 2.36. The SMILES string of the molecule is OCC(F)(F)c1c(Br)ccc(Cl)c1F. The molecule has 1 nitrogen and oxygen atoms in total. The van der Waals surface area contributed by atoms with Crippen molar-refractivity contribution in [1.29, 1.82) is 0 Å². The zero-order valence-corrected chi connectivity index (χ0v) is 9.04. The normalized spacial score (nSPS) is 11.9. The van der Waals surface area contributed by atoms with Crippen molar-refractivity contribution in [2.75, 3.05) is 6.61 Å². The summed E-state index contributed by atoms with van der Waals surface area (Å²) >= 11 is 8.11. The first-order valence-electron chi connectivity index (χ1n) is 3.53. The van der Waals surface area contributed by atoms with Gasteiger partial charge in [0, 0.05) is 4.47 Å². The Bertz CT molecular complexity index is 357. The Morgan fingerprint density at radius 2 is 2.00 bits per heavy atom. The van der Waals surface area contributed by atoms with Gasteiger partial charge in [-0.1, -0.05) is 27.5 Å². The zero-order chi connectivity index (χ0) is 10.9. The van der Waals surface area contributed by atoms with Crippen molar-refractivity contribution in [3.05, 3.63) is 33.0 Å². The van der Waals surface area contributed by atoms with E-state index < -0.39 is 28.9 Å². The molecule has 0 heterocycles. The predicted molar refractivity (Wildman–Crippen MR) is 50.1 cm³/mol. The predicted octanol–water partition coefficient (Wildman–Crippen LogP) is 3.33. The fourth-order valence-corrected chi connectivity index (χ4v) is 1.70. The van der Waals surface area contributed by atoms with Crippen LogP contribution in [0.15, 0.2) is 16.6 Å². The van der Waals surface area contributed by atoms with E-state index in [-0.39, 0.29) is 4.47 Å². The summed E-state index contributed by atoms with van der Waals surface area (Å²) in [6.45, 7) is -1.47. The van der Waals surface area contributed by atoms with E-state index >= 15 is 0 Å². The van der Waals surface area contributed by atoms with Crippen LogP contribution in [0.5, 0.6) is 0 Å². The second-order valence-electron chi connectivity index (χ2n) is 2.58. The Hall–Kier alpha value is -0.260. The quantitative estimate of drug-likeness (QED) is 0.828. The average molecular weight is 289 g/mol. The minimum Gasteiger partial charge on any atom is -0.390 e. The first-order valence-corrected chi connectivity index (χ1v) is 4.70. The number of aliphatic hydroxyl groups is 1. The van der Waals surface area contributed by atoms with E-state index in [1.54, 1.807) is 0 Å². The maximum absolute atomic E-state index is 13.2. The van der Waals surface area contributed by atoms with Crippen LogP contribution in [-0.2, 0) is 5.92 Å². The monoisotopic (exact) mass is 288 g/mol. The van der Waals surface area contributed by atoms with Gasteiger partial charge in [0.1, 0.15) is 6.61 Å². The summed E-state index contributed by atoms with van der Waals surface area (Å²) in [5, 5.41) is 8.00. The molecule has 0 atom stereocenters. The van der Waals surface area contributed by atoms with Crippen LogP contribution in [0.2, 0.25) is 5.02 Å². The van der Waals surface area contributed by atoms with Gasteiger partial charge in [0.05, 0.1) is 10.6 Å². The van der Waals surface area contributed by atoms with E-state index in [2.05, 4.69) is 15.9 Å². The molecule has 0 aromatic heterocycles. The maximum Gasteiger partial charge on any atom is 0.299 e. The summed E-state index contributed by atoms with van der Waals surface area (Å²) in [7, 11) is 0. The fraction of sp³-hybridized carbons (Fsp3) is 0.250. The number of benzene rings is 1. The van der Waals surface area contributed by atoms with Gasteiger partial charge in [-0.15, -0.1) is 0 Å². The van der Waals surface area contributed by atoms with Gasteiger partial charge in [-0.2, -0.15) is 8.78 Å². The first kappa shape index (κ1) is 11.8. The van der Waals surface area contributed by atoms with Gasteiger partial charge in [-0.3, -0.25) is 0 Å². The molecule has 78 valence electrons. The standard InChI is InChI=1S/C8H5BrClF3O/c9-4-1-2-5(10)7(11)6(4)8(12,13)3-14/h1-2,14H,3H2. The molecule has 0 aliphatic carbocycles. The number of hydrogen-bond donors (Lipinski definition) is 1. The third-order valence-corrected chi connectivity index (χ3v) is 2.56. The molecule has 14 heavy (non-hydrogen) atoms. The zero-order valence-electron chi connectivity index (χ0n) is 6.70. The van der Waals surface area contributed by atoms with Crippen LogP contribution in [0.4, 0.5) is 13.2 Å². The number of hydrogen-bond acceptors (Lipinski definition) is 1. The Morgan fingerprint density at radius 3 is 2.50 bits per heavy atom. The van der Waals surface area contributed by atoms with Gasteiger partial charge < -0.3 is 5.11 Å². The largest absolute Gasteiger partial charge is 0.390 e. The molecule has 6 heteroatoms. The maximum atomic E-state index is 13.2. The lowest BCUT2D eigenvalue weighted by molar-refractivity contribution is -0.0588. The second-order valence-corrected chi connectivity index (χ2v) is 3.84. The Labute approximate surface area is 91.6 Å². The fourth-order valence-electron chi connectivity index (χ4n) is 0.941. The smallest absolute Gasteiger partial charge is 0.299 e. The van der Waals surface area contributed by atoms with Gasteiger partial charge in [0.15, 0.2) is 5.82 Å². The molecule has 0 spiro atoms. The van der Waals surface area contributed by atoms with Gasteiger partial charge in [0.2, 0.25) is 0 Å². The summed E-state index contributed by atoms with van der Waals surface area (Å²) in [5.41, 5.74) is -0.924. The highest BCUT2D eigenvalue weighted by atomic mass is 79.9. The van der Waals surface area contributed by atoms with Gasteiger partial charge in [-0.05, 0) is 12.1 Å². The number of rotatable bonds is 2. The summed E-state index contributed by atoms with van der Waals surface area (Å²) in [5.74, 6) is -4.87. The Kier molecular flexibility index (Phi) is 3.44. The van der Waals surface area contributed by atoms with Crippen molar-refractivity contribution in [2.45, 2.75) is 5.92 Å². The summed E-state index contributed by atoms with van der Waals surface area (Å²) < 4.78 is 39.1. The molecule has 1 aromatic rings. The number of halogens is 5. The molecule has 1 N–H and O–H groups in total. The van der Waals surface area contributed by atoms with Crippen LogP contribution in [0, 0.1) is 5.82 Å². The van der Waals surface area contributed by atoms with Crippen LogP contribution >= 0.6 is 27.5 Å². The van der Waals surface area contributed by atoms with Crippen molar-refractivity contribution < 1.29 is 18.3 Å². The molecule has 0 aliphatic heterocycles. The highest BCUT2D eigenvalue weighted by Crippen LogP contribution is 2.37. The molecule has 1 aromatic carbocycles. The molecular formula is C8H5BrClF3O. The van der Waals surface area contributed by atoms with E-state index in [1.807, 2.05) is 0 Å². The lowest BCUT2D eigenvalue weighted by Gasteiger charge is -2.16. The third kappa shape index (κ3) is 2.04. The summed E-state index contributed by atoms with van der Waals surface area (Å²) in [6.07, 6.45) is 0. The van der Waals surface area contributed by atoms with Crippen LogP contribution in [-0.4, -0.2) is 11.7 Å². The highest BCUT2D eigenvalue weighted by molar-refractivity contribution is 9.10. The molecule has 0 saturated carbocycles. The lowest BCUT2D eigenvalue weighted by atomic mass is 10.1. The minimum absolute atomic E-state index is 0.126. The van der Waals surface area contributed by atoms with Crippen LogP contribution in [0.1, 0.15) is 5.56 Å². The van der Waals surface area contributed by atoms with E-state index in [9.17, 15) is 13.2 Å². The third-order valence-electron chi connectivity index (χ3n) is 1.61. The molecule has 0 fully saturated rings. The summed E-state index contributed by atoms with van der Waals surface area (Å²) in [6, 6.07) is 2.35. The molecule has 0 saturated heterocycles. The molecule has 0 unspecified atom stereocenters. The Morgan fingerprint density at radius 1 is 1.43 bits per heavy atom. The van der Waals surface area contributed by atoms with Crippen molar-refractivity contribution in [1.82, 2.24) is 0 Å². The molecule has 0 radical (unpaired) electrons. The lowest BCUT2D eigenvalue weighted by Crippen LogP contribution is -2.21. The van der Waals surface area contributed by atoms with Crippen molar-refractivity contribution >= 4 is 27.5 Å². The average Bonchev–Trinajstić information content (AvgIpc) is 2.12. The molecule has 0 amide bonds. The van der Waals surface area contributed by atoms with E-state index in [1.165, 1.54) is 6.07 Å². The van der Waals surface area contributed by atoms with E-state index in [0.29, 0.717) is 0 Å². The van der Waals surface area contributed by atoms with E-state index in [4.69, 9.17) is 16.7 Å². The van der Waals surface area contributed by atoms with Crippen LogP contribution < -0.4 is 0 Å². The van der Waals surface area contributed by atoms with Gasteiger partial charge in [0.25, 0.3) is 5.92 Å². The van der Waals surface area contributed by atoms with Crippen LogP contribution in [0.25, 0.3) is 0 Å². The second kappa shape index (κ2) is 4.08.